The molecule has 3 rings (SSSR count). The molecular formula is C24H26ClNO4S. The molecule has 0 unspecified atom stereocenters. The molecule has 7 heteroatoms. The van der Waals surface area contributed by atoms with Crippen LogP contribution >= 0.6 is 11.6 Å². The van der Waals surface area contributed by atoms with Crippen LogP contribution in [-0.4, -0.2) is 33.2 Å². The average molecular weight is 460 g/mol. The topological polar surface area (TPSA) is 75.6 Å². The molecule has 0 aromatic heterocycles. The molecule has 31 heavy (non-hydrogen) atoms. The molecule has 5 nitrogen and oxygen atoms in total. The van der Waals surface area contributed by atoms with Crippen LogP contribution in [0.5, 0.6) is 5.75 Å². The smallest absolute Gasteiger partial charge is 0.206 e. The van der Waals surface area contributed by atoms with Crippen LogP contribution in [0.25, 0.3) is 0 Å². The Labute approximate surface area is 188 Å². The van der Waals surface area contributed by atoms with Gasteiger partial charge in [0, 0.05) is 11.6 Å². The first-order valence-corrected chi connectivity index (χ1v) is 12.0. The summed E-state index contributed by atoms with van der Waals surface area (Å²) >= 11 is 5.96. The van der Waals surface area contributed by atoms with Crippen LogP contribution in [0.15, 0.2) is 82.6 Å². The highest BCUT2D eigenvalue weighted by atomic mass is 35.5. The highest BCUT2D eigenvalue weighted by Crippen LogP contribution is 2.24. The van der Waals surface area contributed by atoms with Gasteiger partial charge in [-0.1, -0.05) is 41.9 Å². The second kappa shape index (κ2) is 10.8. The highest BCUT2D eigenvalue weighted by Gasteiger charge is 2.18. The number of benzene rings is 3. The molecule has 164 valence electrons. The van der Waals surface area contributed by atoms with E-state index in [0.29, 0.717) is 36.9 Å². The van der Waals surface area contributed by atoms with Crippen molar-refractivity contribution in [3.8, 4) is 5.75 Å². The Hall–Kier alpha value is -2.38. The fraction of sp³-hybridized carbons (Fsp3) is 0.250. The fourth-order valence-electron chi connectivity index (χ4n) is 3.17. The van der Waals surface area contributed by atoms with Gasteiger partial charge in [0.2, 0.25) is 9.84 Å². The van der Waals surface area contributed by atoms with Gasteiger partial charge in [0.15, 0.2) is 0 Å². The van der Waals surface area contributed by atoms with E-state index in [9.17, 15) is 13.5 Å². The fourth-order valence-corrected chi connectivity index (χ4v) is 4.67. The van der Waals surface area contributed by atoms with Crippen molar-refractivity contribution in [3.05, 3.63) is 88.9 Å². The van der Waals surface area contributed by atoms with E-state index < -0.39 is 15.9 Å². The van der Waals surface area contributed by atoms with E-state index in [2.05, 4.69) is 5.32 Å². The number of halogens is 1. The van der Waals surface area contributed by atoms with Gasteiger partial charge in [-0.2, -0.15) is 0 Å². The van der Waals surface area contributed by atoms with Crippen LogP contribution in [0.2, 0.25) is 5.02 Å². The first kappa shape index (κ1) is 23.3. The van der Waals surface area contributed by atoms with Crippen molar-refractivity contribution >= 4 is 21.4 Å². The lowest BCUT2D eigenvalue weighted by Crippen LogP contribution is -2.23. The van der Waals surface area contributed by atoms with Gasteiger partial charge < -0.3 is 15.2 Å². The predicted molar refractivity (Wildman–Crippen MR) is 122 cm³/mol. The summed E-state index contributed by atoms with van der Waals surface area (Å²) in [5.41, 5.74) is 1.77. The van der Waals surface area contributed by atoms with E-state index in [1.807, 2.05) is 31.2 Å². The number of hydrogen-bond acceptors (Lipinski definition) is 5. The molecule has 3 aromatic carbocycles. The number of rotatable bonds is 10. The van der Waals surface area contributed by atoms with Crippen LogP contribution < -0.4 is 10.1 Å². The van der Waals surface area contributed by atoms with Gasteiger partial charge in [-0.15, -0.1) is 0 Å². The van der Waals surface area contributed by atoms with Crippen LogP contribution in [0.1, 0.15) is 24.2 Å². The maximum atomic E-state index is 12.9. The summed E-state index contributed by atoms with van der Waals surface area (Å²) in [5, 5.41) is 14.0. The summed E-state index contributed by atoms with van der Waals surface area (Å²) in [7, 11) is -3.61. The maximum Gasteiger partial charge on any atom is 0.206 e. The molecular weight excluding hydrogens is 434 g/mol. The van der Waals surface area contributed by atoms with E-state index in [-0.39, 0.29) is 9.79 Å². The molecule has 0 aliphatic carbocycles. The van der Waals surface area contributed by atoms with Crippen LogP contribution in [-0.2, 0) is 16.3 Å². The largest absolute Gasteiger partial charge is 0.494 e. The Balaban J connectivity index is 1.55. The third kappa shape index (κ3) is 6.31. The zero-order valence-corrected chi connectivity index (χ0v) is 18.9. The number of aliphatic hydroxyl groups excluding tert-OH is 1. The van der Waals surface area contributed by atoms with Gasteiger partial charge in [0.05, 0.1) is 22.5 Å². The monoisotopic (exact) mass is 459 g/mol. The maximum absolute atomic E-state index is 12.9. The minimum absolute atomic E-state index is 0.211. The SMILES string of the molecule is CCOc1cccc(S(=O)(=O)c2ccc(CCNC[C@H](O)c3cccc(Cl)c3)cc2)c1. The Morgan fingerprint density at radius 2 is 1.74 bits per heavy atom. The molecule has 0 heterocycles. The standard InChI is InChI=1S/C24H26ClNO4S/c1-2-30-21-7-4-8-23(16-21)31(28,29)22-11-9-18(10-12-22)13-14-26-17-24(27)19-5-3-6-20(25)15-19/h3-12,15-16,24,26-27H,2,13-14,17H2,1H3/t24-/m0/s1. The third-order valence-corrected chi connectivity index (χ3v) is 6.82. The summed E-state index contributed by atoms with van der Waals surface area (Å²) in [6.45, 7) is 3.39. The van der Waals surface area contributed by atoms with Gasteiger partial charge in [0.25, 0.3) is 0 Å². The van der Waals surface area contributed by atoms with Gasteiger partial charge in [0.1, 0.15) is 5.75 Å². The normalized spacial score (nSPS) is 12.5. The summed E-state index contributed by atoms with van der Waals surface area (Å²) in [6.07, 6.45) is 0.0706. The molecule has 0 aliphatic heterocycles. The quantitative estimate of drug-likeness (QED) is 0.438. The molecule has 0 saturated carbocycles. The van der Waals surface area contributed by atoms with Crippen molar-refractivity contribution in [2.45, 2.75) is 29.2 Å². The average Bonchev–Trinajstić information content (AvgIpc) is 2.77. The Morgan fingerprint density at radius 3 is 2.45 bits per heavy atom. The van der Waals surface area contributed by atoms with Gasteiger partial charge in [-0.25, -0.2) is 8.42 Å². The molecule has 1 atom stereocenters. The van der Waals surface area contributed by atoms with Gasteiger partial charge in [-0.3, -0.25) is 0 Å². The van der Waals surface area contributed by atoms with Gasteiger partial charge in [-0.05, 0) is 73.5 Å². The molecule has 0 amide bonds. The van der Waals surface area contributed by atoms with E-state index in [1.165, 1.54) is 0 Å². The van der Waals surface area contributed by atoms with Crippen molar-refractivity contribution < 1.29 is 18.3 Å². The number of hydrogen-bond donors (Lipinski definition) is 2. The Morgan fingerprint density at radius 1 is 1.00 bits per heavy atom. The molecule has 0 spiro atoms. The molecule has 0 saturated heterocycles. The molecule has 0 aliphatic rings. The number of ether oxygens (including phenoxy) is 1. The second-order valence-electron chi connectivity index (χ2n) is 7.08. The Kier molecular flexibility index (Phi) is 8.09. The van der Waals surface area contributed by atoms with E-state index in [0.717, 1.165) is 11.1 Å². The van der Waals surface area contributed by atoms with Crippen molar-refractivity contribution in [1.82, 2.24) is 5.32 Å². The lowest BCUT2D eigenvalue weighted by molar-refractivity contribution is 0.175. The minimum atomic E-state index is -3.61. The zero-order valence-electron chi connectivity index (χ0n) is 17.3. The number of sulfone groups is 1. The highest BCUT2D eigenvalue weighted by molar-refractivity contribution is 7.91. The molecule has 3 aromatic rings. The van der Waals surface area contributed by atoms with Crippen LogP contribution in [0, 0.1) is 0 Å². The molecule has 2 N–H and O–H groups in total. The molecule has 0 bridgehead atoms. The van der Waals surface area contributed by atoms with E-state index in [4.69, 9.17) is 16.3 Å². The first-order chi connectivity index (χ1) is 14.9. The van der Waals surface area contributed by atoms with Gasteiger partial charge >= 0.3 is 0 Å². The van der Waals surface area contributed by atoms with Crippen LogP contribution in [0.3, 0.4) is 0 Å². The van der Waals surface area contributed by atoms with Crippen LogP contribution in [0.4, 0.5) is 0 Å². The summed E-state index contributed by atoms with van der Waals surface area (Å²) < 4.78 is 31.2. The van der Waals surface area contributed by atoms with Crippen molar-refractivity contribution in [1.29, 1.82) is 0 Å². The first-order valence-electron chi connectivity index (χ1n) is 10.1. The third-order valence-electron chi connectivity index (χ3n) is 4.82. The summed E-state index contributed by atoms with van der Waals surface area (Å²) in [5.74, 6) is 0.534. The zero-order chi connectivity index (χ0) is 22.3. The lowest BCUT2D eigenvalue weighted by atomic mass is 10.1. The summed E-state index contributed by atoms with van der Waals surface area (Å²) in [4.78, 5) is 0.456. The Bertz CT molecular complexity index is 1100. The number of aliphatic hydroxyl groups is 1. The number of nitrogens with one attached hydrogen (secondary N) is 1. The summed E-state index contributed by atoms with van der Waals surface area (Å²) in [6, 6.07) is 20.6. The minimum Gasteiger partial charge on any atom is -0.494 e. The predicted octanol–water partition coefficient (Wildman–Crippen LogP) is 4.44. The van der Waals surface area contributed by atoms with E-state index >= 15 is 0 Å². The van der Waals surface area contributed by atoms with Crippen molar-refractivity contribution in [2.75, 3.05) is 19.7 Å². The molecule has 0 radical (unpaired) electrons. The molecule has 0 fully saturated rings. The van der Waals surface area contributed by atoms with E-state index in [1.54, 1.807) is 48.5 Å². The van der Waals surface area contributed by atoms with Crippen molar-refractivity contribution in [3.63, 3.8) is 0 Å². The lowest BCUT2D eigenvalue weighted by Gasteiger charge is -2.13. The second-order valence-corrected chi connectivity index (χ2v) is 9.47. The van der Waals surface area contributed by atoms with Crippen molar-refractivity contribution in [2.24, 2.45) is 0 Å².